The van der Waals surface area contributed by atoms with E-state index in [0.717, 1.165) is 12.4 Å². The number of carbonyl (C=O) groups is 3. The number of imide groups is 1. The second-order valence-electron chi connectivity index (χ2n) is 4.99. The maximum atomic E-state index is 12.3. The molecule has 0 fully saturated rings. The van der Waals surface area contributed by atoms with Crippen LogP contribution in [0.4, 0.5) is 4.79 Å². The Bertz CT molecular complexity index is 747. The number of esters is 1. The van der Waals surface area contributed by atoms with E-state index < -0.39 is 24.0 Å². The van der Waals surface area contributed by atoms with Crippen molar-refractivity contribution in [1.29, 1.82) is 0 Å². The van der Waals surface area contributed by atoms with Crippen LogP contribution in [0.15, 0.2) is 54.9 Å². The van der Waals surface area contributed by atoms with E-state index in [1.54, 1.807) is 37.3 Å². The zero-order valence-electron chi connectivity index (χ0n) is 13.5. The van der Waals surface area contributed by atoms with E-state index in [4.69, 9.17) is 4.74 Å². The van der Waals surface area contributed by atoms with E-state index in [0.29, 0.717) is 16.8 Å². The van der Waals surface area contributed by atoms with Crippen molar-refractivity contribution in [3.63, 3.8) is 0 Å². The highest BCUT2D eigenvalue weighted by molar-refractivity contribution is 5.99. The standard InChI is InChI=1S/C17H17N3O5/c1-2-18-17(23)19-15(21)14(12-6-4-3-5-7-12)25-16(22)13-8-10-20(24)11-9-13/h3-11,14H,2H2,1H3,(H2,18,19,21,23)/t14-/m0/s1. The summed E-state index contributed by atoms with van der Waals surface area (Å²) in [5.41, 5.74) is 0.520. The van der Waals surface area contributed by atoms with Crippen LogP contribution in [0.3, 0.4) is 0 Å². The summed E-state index contributed by atoms with van der Waals surface area (Å²) in [5.74, 6) is -1.57. The predicted molar refractivity (Wildman–Crippen MR) is 87.2 cm³/mol. The molecule has 1 atom stereocenters. The fraction of sp³-hybridized carbons (Fsp3) is 0.176. The molecule has 25 heavy (non-hydrogen) atoms. The molecule has 0 aliphatic heterocycles. The number of pyridine rings is 1. The molecule has 0 saturated carbocycles. The molecule has 0 saturated heterocycles. The van der Waals surface area contributed by atoms with Crippen LogP contribution in [0.2, 0.25) is 0 Å². The average molecular weight is 343 g/mol. The largest absolute Gasteiger partial charge is 0.619 e. The molecule has 1 heterocycles. The number of urea groups is 1. The Balaban J connectivity index is 2.20. The lowest BCUT2D eigenvalue weighted by Gasteiger charge is -2.17. The van der Waals surface area contributed by atoms with Gasteiger partial charge in [0.05, 0.1) is 5.56 Å². The van der Waals surface area contributed by atoms with Gasteiger partial charge in [-0.05, 0) is 6.92 Å². The lowest BCUT2D eigenvalue weighted by Crippen LogP contribution is -2.42. The summed E-state index contributed by atoms with van der Waals surface area (Å²) >= 11 is 0. The van der Waals surface area contributed by atoms with Crippen LogP contribution in [-0.2, 0) is 9.53 Å². The highest BCUT2D eigenvalue weighted by atomic mass is 16.5. The number of ether oxygens (including phenoxy) is 1. The van der Waals surface area contributed by atoms with Crippen molar-refractivity contribution >= 4 is 17.9 Å². The quantitative estimate of drug-likeness (QED) is 0.479. The Labute approximate surface area is 144 Å². The number of hydrogen-bond acceptors (Lipinski definition) is 5. The number of hydrogen-bond donors (Lipinski definition) is 2. The van der Waals surface area contributed by atoms with Gasteiger partial charge in [0.2, 0.25) is 6.10 Å². The topological polar surface area (TPSA) is 111 Å². The number of carbonyl (C=O) groups excluding carboxylic acids is 3. The van der Waals surface area contributed by atoms with Gasteiger partial charge in [0, 0.05) is 24.2 Å². The Kier molecular flexibility index (Phi) is 6.05. The molecule has 2 aromatic rings. The van der Waals surface area contributed by atoms with Crippen molar-refractivity contribution in [3.05, 3.63) is 71.2 Å². The Morgan fingerprint density at radius 2 is 1.76 bits per heavy atom. The number of benzene rings is 1. The summed E-state index contributed by atoms with van der Waals surface area (Å²) in [7, 11) is 0. The molecule has 2 rings (SSSR count). The normalized spacial score (nSPS) is 11.2. The SMILES string of the molecule is CCNC(=O)NC(=O)[C@@H](OC(=O)c1cc[n+]([O-])cc1)c1ccccc1. The fourth-order valence-electron chi connectivity index (χ4n) is 2.01. The minimum atomic E-state index is -1.31. The lowest BCUT2D eigenvalue weighted by molar-refractivity contribution is -0.605. The van der Waals surface area contributed by atoms with Crippen molar-refractivity contribution < 1.29 is 23.9 Å². The van der Waals surface area contributed by atoms with Gasteiger partial charge in [0.1, 0.15) is 0 Å². The van der Waals surface area contributed by atoms with E-state index in [9.17, 15) is 19.6 Å². The third-order valence-corrected chi connectivity index (χ3v) is 3.18. The summed E-state index contributed by atoms with van der Waals surface area (Å²) in [6.07, 6.45) is 0.974. The summed E-state index contributed by atoms with van der Waals surface area (Å²) in [6.45, 7) is 2.05. The van der Waals surface area contributed by atoms with Gasteiger partial charge in [-0.15, -0.1) is 0 Å². The molecule has 8 nitrogen and oxygen atoms in total. The molecule has 130 valence electrons. The monoisotopic (exact) mass is 343 g/mol. The summed E-state index contributed by atoms with van der Waals surface area (Å²) < 4.78 is 5.78. The maximum Gasteiger partial charge on any atom is 0.339 e. The highest BCUT2D eigenvalue weighted by Crippen LogP contribution is 2.19. The van der Waals surface area contributed by atoms with Gasteiger partial charge in [-0.3, -0.25) is 10.1 Å². The first-order chi connectivity index (χ1) is 12.0. The molecule has 0 bridgehead atoms. The molecule has 0 aliphatic rings. The van der Waals surface area contributed by atoms with Crippen molar-refractivity contribution in [3.8, 4) is 0 Å². The third-order valence-electron chi connectivity index (χ3n) is 3.18. The maximum absolute atomic E-state index is 12.3. The smallest absolute Gasteiger partial charge is 0.339 e. The van der Waals surface area contributed by atoms with Gasteiger partial charge >= 0.3 is 12.0 Å². The molecule has 0 unspecified atom stereocenters. The van der Waals surface area contributed by atoms with E-state index in [1.807, 2.05) is 0 Å². The van der Waals surface area contributed by atoms with Crippen molar-refractivity contribution in [2.24, 2.45) is 0 Å². The number of aromatic nitrogens is 1. The molecule has 0 spiro atoms. The van der Waals surface area contributed by atoms with E-state index in [2.05, 4.69) is 10.6 Å². The van der Waals surface area contributed by atoms with Gasteiger partial charge in [0.25, 0.3) is 5.91 Å². The van der Waals surface area contributed by atoms with Gasteiger partial charge in [0.15, 0.2) is 12.4 Å². The Morgan fingerprint density at radius 1 is 1.12 bits per heavy atom. The molecule has 8 heteroatoms. The molecule has 0 aliphatic carbocycles. The summed E-state index contributed by atoms with van der Waals surface area (Å²) in [4.78, 5) is 36.1. The molecular weight excluding hydrogens is 326 g/mol. The first kappa shape index (κ1) is 17.9. The minimum absolute atomic E-state index is 0.110. The van der Waals surface area contributed by atoms with E-state index in [1.165, 1.54) is 12.1 Å². The van der Waals surface area contributed by atoms with Crippen LogP contribution in [0, 0.1) is 5.21 Å². The van der Waals surface area contributed by atoms with Gasteiger partial charge < -0.3 is 15.3 Å². The van der Waals surface area contributed by atoms with Crippen molar-refractivity contribution in [1.82, 2.24) is 10.6 Å². The van der Waals surface area contributed by atoms with Crippen molar-refractivity contribution in [2.45, 2.75) is 13.0 Å². The molecule has 3 amide bonds. The number of nitrogens with zero attached hydrogens (tertiary/aromatic N) is 1. The highest BCUT2D eigenvalue weighted by Gasteiger charge is 2.27. The van der Waals surface area contributed by atoms with Gasteiger partial charge in [-0.2, -0.15) is 4.73 Å². The first-order valence-corrected chi connectivity index (χ1v) is 7.54. The number of nitrogens with one attached hydrogen (secondary N) is 2. The van der Waals surface area contributed by atoms with Gasteiger partial charge in [-0.25, -0.2) is 9.59 Å². The van der Waals surface area contributed by atoms with Crippen LogP contribution in [0.5, 0.6) is 0 Å². The second-order valence-corrected chi connectivity index (χ2v) is 4.99. The zero-order chi connectivity index (χ0) is 18.2. The summed E-state index contributed by atoms with van der Waals surface area (Å²) in [6, 6.07) is 10.2. The van der Waals surface area contributed by atoms with Gasteiger partial charge in [-0.1, -0.05) is 30.3 Å². The number of amides is 3. The fourth-order valence-corrected chi connectivity index (χ4v) is 2.01. The molecule has 0 radical (unpaired) electrons. The molecule has 1 aromatic carbocycles. The Morgan fingerprint density at radius 3 is 2.36 bits per heavy atom. The zero-order valence-corrected chi connectivity index (χ0v) is 13.5. The van der Waals surface area contributed by atoms with E-state index >= 15 is 0 Å². The molecule has 1 aromatic heterocycles. The van der Waals surface area contributed by atoms with Crippen molar-refractivity contribution in [2.75, 3.05) is 6.54 Å². The van der Waals surface area contributed by atoms with Crippen LogP contribution in [0.25, 0.3) is 0 Å². The molecular formula is C17H17N3O5. The van der Waals surface area contributed by atoms with E-state index in [-0.39, 0.29) is 5.56 Å². The van der Waals surface area contributed by atoms with Crippen LogP contribution >= 0.6 is 0 Å². The van der Waals surface area contributed by atoms with Crippen LogP contribution in [-0.4, -0.2) is 24.5 Å². The second kappa shape index (κ2) is 8.44. The Hall–Kier alpha value is -3.42. The summed E-state index contributed by atoms with van der Waals surface area (Å²) in [5, 5.41) is 15.6. The first-order valence-electron chi connectivity index (χ1n) is 7.54. The lowest BCUT2D eigenvalue weighted by atomic mass is 10.1. The minimum Gasteiger partial charge on any atom is -0.619 e. The van der Waals surface area contributed by atoms with Crippen LogP contribution in [0.1, 0.15) is 28.9 Å². The molecule has 2 N–H and O–H groups in total. The average Bonchev–Trinajstić information content (AvgIpc) is 2.61. The third kappa shape index (κ3) is 5.03. The number of rotatable bonds is 5. The van der Waals surface area contributed by atoms with Crippen LogP contribution < -0.4 is 15.4 Å². The predicted octanol–water partition coefficient (Wildman–Crippen LogP) is 1.06.